The summed E-state index contributed by atoms with van der Waals surface area (Å²) in [6.07, 6.45) is 0. The van der Waals surface area contributed by atoms with Crippen LogP contribution in [-0.4, -0.2) is 29.0 Å². The van der Waals surface area contributed by atoms with Crippen molar-refractivity contribution in [3.63, 3.8) is 0 Å². The maximum Gasteiger partial charge on any atom is 0.315 e. The lowest BCUT2D eigenvalue weighted by Gasteiger charge is -1.96. The van der Waals surface area contributed by atoms with Crippen LogP contribution in [0.4, 0.5) is 5.13 Å². The fraction of sp³-hybridized carbons (Fsp3) is 0.500. The highest BCUT2D eigenvalue weighted by Crippen LogP contribution is 2.19. The molecule has 0 saturated heterocycles. The van der Waals surface area contributed by atoms with E-state index in [-0.39, 0.29) is 5.97 Å². The summed E-state index contributed by atoms with van der Waals surface area (Å²) in [5.41, 5.74) is 2.40. The number of nitrogen functional groups attached to an aromatic ring is 1. The van der Waals surface area contributed by atoms with E-state index in [0.717, 1.165) is 5.01 Å². The maximum atomic E-state index is 10.8. The number of hydrazine groups is 1. The lowest BCUT2D eigenvalue weighted by Crippen LogP contribution is -2.05. The topological polar surface area (TPSA) is 90.1 Å². The van der Waals surface area contributed by atoms with Crippen LogP contribution < -0.4 is 11.3 Å². The number of rotatable bonds is 5. The van der Waals surface area contributed by atoms with Crippen molar-refractivity contribution in [2.75, 3.05) is 18.3 Å². The zero-order valence-corrected chi connectivity index (χ0v) is 9.15. The van der Waals surface area contributed by atoms with E-state index in [1.165, 1.54) is 30.2 Å². The molecule has 1 heterocycles. The minimum absolute atomic E-state index is 0.239. The van der Waals surface area contributed by atoms with E-state index in [0.29, 0.717) is 16.6 Å². The molecule has 1 aromatic rings. The molecule has 0 radical (unpaired) electrons. The van der Waals surface area contributed by atoms with Crippen molar-refractivity contribution in [3.05, 3.63) is 5.01 Å². The third-order valence-electron chi connectivity index (χ3n) is 1.26. The second-order valence-electron chi connectivity index (χ2n) is 2.21. The number of aromatic nitrogens is 2. The van der Waals surface area contributed by atoms with Gasteiger partial charge in [-0.2, -0.15) is 0 Å². The molecular weight excluding hydrogens is 224 g/mol. The van der Waals surface area contributed by atoms with Crippen molar-refractivity contribution in [2.45, 2.75) is 5.75 Å². The third-order valence-corrected chi connectivity index (χ3v) is 3.22. The van der Waals surface area contributed by atoms with Gasteiger partial charge >= 0.3 is 5.97 Å². The largest absolute Gasteiger partial charge is 0.468 e. The molecule has 0 unspecified atom stereocenters. The molecular formula is C6H10N4O2S2. The second-order valence-corrected chi connectivity index (χ2v) is 4.26. The van der Waals surface area contributed by atoms with Crippen LogP contribution >= 0.6 is 23.1 Å². The van der Waals surface area contributed by atoms with E-state index in [9.17, 15) is 4.79 Å². The molecule has 1 rings (SSSR count). The Morgan fingerprint density at radius 3 is 3.07 bits per heavy atom. The number of nitrogens with zero attached hydrogens (tertiary/aromatic N) is 2. The SMILES string of the molecule is COC(=O)CSCc1nnc(NN)s1. The van der Waals surface area contributed by atoms with Gasteiger partial charge in [0.25, 0.3) is 0 Å². The molecule has 0 saturated carbocycles. The highest BCUT2D eigenvalue weighted by Gasteiger charge is 2.05. The molecule has 8 heteroatoms. The molecule has 0 fully saturated rings. The summed E-state index contributed by atoms with van der Waals surface area (Å²) < 4.78 is 4.49. The summed E-state index contributed by atoms with van der Waals surface area (Å²) in [4.78, 5) is 10.8. The summed E-state index contributed by atoms with van der Waals surface area (Å²) in [5.74, 6) is 5.85. The zero-order valence-electron chi connectivity index (χ0n) is 7.52. The van der Waals surface area contributed by atoms with Crippen LogP contribution in [0.15, 0.2) is 0 Å². The second kappa shape index (κ2) is 5.78. The van der Waals surface area contributed by atoms with Crippen molar-refractivity contribution < 1.29 is 9.53 Å². The average molecular weight is 234 g/mol. The van der Waals surface area contributed by atoms with Crippen LogP contribution in [0.1, 0.15) is 5.01 Å². The van der Waals surface area contributed by atoms with Gasteiger partial charge in [0, 0.05) is 5.75 Å². The van der Waals surface area contributed by atoms with E-state index in [4.69, 9.17) is 5.84 Å². The van der Waals surface area contributed by atoms with Crippen molar-refractivity contribution in [1.29, 1.82) is 0 Å². The van der Waals surface area contributed by atoms with E-state index >= 15 is 0 Å². The Morgan fingerprint density at radius 2 is 2.50 bits per heavy atom. The summed E-state index contributed by atoms with van der Waals surface area (Å²) in [7, 11) is 1.37. The van der Waals surface area contributed by atoms with Gasteiger partial charge in [-0.25, -0.2) is 5.84 Å². The molecule has 0 aliphatic heterocycles. The molecule has 0 spiro atoms. The molecule has 14 heavy (non-hydrogen) atoms. The fourth-order valence-electron chi connectivity index (χ4n) is 0.651. The van der Waals surface area contributed by atoms with Crippen molar-refractivity contribution >= 4 is 34.2 Å². The number of nitrogens with one attached hydrogen (secondary N) is 1. The normalized spacial score (nSPS) is 9.86. The van der Waals surface area contributed by atoms with Gasteiger partial charge < -0.3 is 4.74 Å². The Balaban J connectivity index is 2.27. The summed E-state index contributed by atoms with van der Waals surface area (Å²) in [6, 6.07) is 0. The number of carbonyl (C=O) groups excluding carboxylic acids is 1. The summed E-state index contributed by atoms with van der Waals surface area (Å²) >= 11 is 2.79. The highest BCUT2D eigenvalue weighted by molar-refractivity contribution is 7.99. The number of hydrogen-bond donors (Lipinski definition) is 2. The first-order valence-corrected chi connectivity index (χ1v) is 5.67. The predicted octanol–water partition coefficient (Wildman–Crippen LogP) is 0.230. The molecule has 0 aliphatic carbocycles. The molecule has 6 nitrogen and oxygen atoms in total. The van der Waals surface area contributed by atoms with Crippen LogP contribution in [0.5, 0.6) is 0 Å². The highest BCUT2D eigenvalue weighted by atomic mass is 32.2. The number of nitrogens with two attached hydrogens (primary N) is 1. The lowest BCUT2D eigenvalue weighted by molar-refractivity contribution is -0.137. The molecule has 1 aromatic heterocycles. The molecule has 0 atom stereocenters. The fourth-order valence-corrected chi connectivity index (χ4v) is 2.20. The van der Waals surface area contributed by atoms with Crippen LogP contribution in [0.25, 0.3) is 0 Å². The predicted molar refractivity (Wildman–Crippen MR) is 55.9 cm³/mol. The first-order chi connectivity index (χ1) is 6.76. The van der Waals surface area contributed by atoms with Crippen LogP contribution in [0, 0.1) is 0 Å². The van der Waals surface area contributed by atoms with Gasteiger partial charge in [0.15, 0.2) is 0 Å². The van der Waals surface area contributed by atoms with Gasteiger partial charge in [0.05, 0.1) is 12.9 Å². The molecule has 3 N–H and O–H groups in total. The van der Waals surface area contributed by atoms with E-state index in [1.54, 1.807) is 0 Å². The Morgan fingerprint density at radius 1 is 1.71 bits per heavy atom. The molecule has 0 amide bonds. The van der Waals surface area contributed by atoms with Crippen LogP contribution in [0.2, 0.25) is 0 Å². The number of methoxy groups -OCH3 is 1. The van der Waals surface area contributed by atoms with Gasteiger partial charge in [0.2, 0.25) is 5.13 Å². The van der Waals surface area contributed by atoms with E-state index < -0.39 is 0 Å². The number of esters is 1. The molecule has 0 aliphatic rings. The standard InChI is InChI=1S/C6H10N4O2S2/c1-12-5(11)3-13-2-4-9-10-6(8-7)14-4/h2-3,7H2,1H3,(H,8,10). The number of ether oxygens (including phenoxy) is 1. The Kier molecular flexibility index (Phi) is 4.63. The number of hydrogen-bond acceptors (Lipinski definition) is 8. The van der Waals surface area contributed by atoms with Crippen LogP contribution in [0.3, 0.4) is 0 Å². The average Bonchev–Trinajstić information content (AvgIpc) is 2.65. The lowest BCUT2D eigenvalue weighted by atomic mass is 10.8. The van der Waals surface area contributed by atoms with Gasteiger partial charge in [-0.1, -0.05) is 11.3 Å². The first-order valence-electron chi connectivity index (χ1n) is 3.70. The summed E-state index contributed by atoms with van der Waals surface area (Å²) in [6.45, 7) is 0. The Hall–Kier alpha value is -0.860. The number of carbonyl (C=O) groups is 1. The zero-order chi connectivity index (χ0) is 10.4. The Labute approximate surface area is 89.2 Å². The number of anilines is 1. The van der Waals surface area contributed by atoms with Crippen molar-refractivity contribution in [3.8, 4) is 0 Å². The quantitative estimate of drug-likeness (QED) is 0.428. The Bertz CT molecular complexity index is 304. The van der Waals surface area contributed by atoms with Gasteiger partial charge in [-0.05, 0) is 0 Å². The minimum atomic E-state index is -0.239. The number of thioether (sulfide) groups is 1. The van der Waals surface area contributed by atoms with Crippen molar-refractivity contribution in [1.82, 2.24) is 10.2 Å². The molecule has 0 aromatic carbocycles. The van der Waals surface area contributed by atoms with Gasteiger partial charge in [0.1, 0.15) is 5.01 Å². The monoisotopic (exact) mass is 234 g/mol. The maximum absolute atomic E-state index is 10.8. The molecule has 0 bridgehead atoms. The third kappa shape index (κ3) is 3.48. The van der Waals surface area contributed by atoms with E-state index in [2.05, 4.69) is 20.4 Å². The molecule has 78 valence electrons. The van der Waals surface area contributed by atoms with Gasteiger partial charge in [-0.3, -0.25) is 10.2 Å². The van der Waals surface area contributed by atoms with E-state index in [1.807, 2.05) is 0 Å². The van der Waals surface area contributed by atoms with Gasteiger partial charge in [-0.15, -0.1) is 22.0 Å². The van der Waals surface area contributed by atoms with Crippen molar-refractivity contribution in [2.24, 2.45) is 5.84 Å². The summed E-state index contributed by atoms with van der Waals surface area (Å²) in [5, 5.41) is 9.01. The first kappa shape index (κ1) is 11.2. The smallest absolute Gasteiger partial charge is 0.315 e. The minimum Gasteiger partial charge on any atom is -0.468 e. The van der Waals surface area contributed by atoms with Crippen LogP contribution in [-0.2, 0) is 15.3 Å².